The lowest BCUT2D eigenvalue weighted by molar-refractivity contribution is 0.389. The van der Waals surface area contributed by atoms with E-state index in [1.165, 1.54) is 12.4 Å². The molecular weight excluding hydrogens is 392 g/mol. The summed E-state index contributed by atoms with van der Waals surface area (Å²) < 4.78 is 25.6. The van der Waals surface area contributed by atoms with Gasteiger partial charge in [0, 0.05) is 12.6 Å². The van der Waals surface area contributed by atoms with Gasteiger partial charge in [-0.05, 0) is 44.7 Å². The van der Waals surface area contributed by atoms with Crippen LogP contribution in [-0.4, -0.2) is 53.5 Å². The first-order valence-electron chi connectivity index (χ1n) is 9.61. The molecule has 10 nitrogen and oxygen atoms in total. The van der Waals surface area contributed by atoms with Crippen LogP contribution in [0.25, 0.3) is 0 Å². The minimum atomic E-state index is -3.49. The van der Waals surface area contributed by atoms with Gasteiger partial charge >= 0.3 is 0 Å². The predicted molar refractivity (Wildman–Crippen MR) is 106 cm³/mol. The Morgan fingerprint density at radius 1 is 1.10 bits per heavy atom. The van der Waals surface area contributed by atoms with Crippen molar-refractivity contribution in [1.82, 2.24) is 25.5 Å². The fourth-order valence-corrected chi connectivity index (χ4v) is 4.90. The molecule has 0 unspecified atom stereocenters. The summed E-state index contributed by atoms with van der Waals surface area (Å²) in [7, 11) is -3.49. The van der Waals surface area contributed by atoms with Crippen molar-refractivity contribution in [1.29, 1.82) is 5.26 Å². The van der Waals surface area contributed by atoms with Gasteiger partial charge in [-0.3, -0.25) is 0 Å². The van der Waals surface area contributed by atoms with Crippen LogP contribution >= 0.6 is 0 Å². The Bertz CT molecular complexity index is 1010. The summed E-state index contributed by atoms with van der Waals surface area (Å²) in [5, 5.41) is 26.1. The third-order valence-electron chi connectivity index (χ3n) is 5.06. The highest BCUT2D eigenvalue weighted by molar-refractivity contribution is 7.92. The maximum absolute atomic E-state index is 12.8. The first-order chi connectivity index (χ1) is 14.1. The summed E-state index contributed by atoms with van der Waals surface area (Å²) in [4.78, 5) is 8.04. The van der Waals surface area contributed by atoms with E-state index in [9.17, 15) is 8.42 Å². The molecule has 3 heterocycles. The molecule has 1 aliphatic carbocycles. The molecule has 2 aliphatic rings. The Balaban J connectivity index is 1.57. The van der Waals surface area contributed by atoms with Crippen LogP contribution in [-0.2, 0) is 9.84 Å². The van der Waals surface area contributed by atoms with Gasteiger partial charge < -0.3 is 16.0 Å². The molecule has 0 amide bonds. The molecule has 0 atom stereocenters. The zero-order valence-electron chi connectivity index (χ0n) is 15.8. The van der Waals surface area contributed by atoms with Gasteiger partial charge in [0.1, 0.15) is 11.9 Å². The van der Waals surface area contributed by atoms with Gasteiger partial charge in [0.05, 0.1) is 23.3 Å². The average Bonchev–Trinajstić information content (AvgIpc) is 3.60. The summed E-state index contributed by atoms with van der Waals surface area (Å²) in [6, 6.07) is 3.55. The highest BCUT2D eigenvalue weighted by Crippen LogP contribution is 2.36. The second-order valence-corrected chi connectivity index (χ2v) is 9.43. The number of aromatic nitrogens is 4. The van der Waals surface area contributed by atoms with Gasteiger partial charge in [0.15, 0.2) is 11.5 Å². The maximum atomic E-state index is 12.8. The molecule has 0 spiro atoms. The number of sulfone groups is 1. The molecule has 3 N–H and O–H groups in total. The highest BCUT2D eigenvalue weighted by Gasteiger charge is 2.40. The van der Waals surface area contributed by atoms with Crippen molar-refractivity contribution >= 4 is 27.2 Å². The number of hydrogen-bond donors (Lipinski definition) is 3. The minimum absolute atomic E-state index is 0.00500. The van der Waals surface area contributed by atoms with Gasteiger partial charge in [-0.25, -0.2) is 18.4 Å². The standard InChI is InChI=1S/C18H22N8O2S/c19-8-13-10-23-17(11-21-13)24-16-7-15(22-9-12-3-5-20-6-4-12)18(26-25-16)29(27,28)14-1-2-14/h7,10-12,14,20H,1-6,9H2,(H2,22,23,24,25). The Morgan fingerprint density at radius 3 is 2.55 bits per heavy atom. The summed E-state index contributed by atoms with van der Waals surface area (Å²) in [6.45, 7) is 2.62. The van der Waals surface area contributed by atoms with E-state index in [2.05, 4.69) is 36.1 Å². The van der Waals surface area contributed by atoms with E-state index in [0.717, 1.165) is 25.9 Å². The molecule has 2 aromatic rings. The Kier molecular flexibility index (Phi) is 5.55. The number of hydrogen-bond acceptors (Lipinski definition) is 10. The van der Waals surface area contributed by atoms with E-state index in [1.54, 1.807) is 6.07 Å². The van der Waals surface area contributed by atoms with Crippen LogP contribution in [0.4, 0.5) is 17.3 Å². The zero-order valence-corrected chi connectivity index (χ0v) is 16.6. The van der Waals surface area contributed by atoms with Crippen LogP contribution in [0, 0.1) is 17.2 Å². The molecule has 1 aliphatic heterocycles. The van der Waals surface area contributed by atoms with E-state index in [-0.39, 0.29) is 16.0 Å². The fraction of sp³-hybridized carbons (Fsp3) is 0.500. The largest absolute Gasteiger partial charge is 0.382 e. The third-order valence-corrected chi connectivity index (χ3v) is 7.24. The zero-order chi connectivity index (χ0) is 20.3. The summed E-state index contributed by atoms with van der Waals surface area (Å²) >= 11 is 0. The lowest BCUT2D eigenvalue weighted by Crippen LogP contribution is -2.31. The van der Waals surface area contributed by atoms with E-state index >= 15 is 0 Å². The second-order valence-electron chi connectivity index (χ2n) is 7.29. The lowest BCUT2D eigenvalue weighted by atomic mass is 9.98. The molecule has 2 fully saturated rings. The smallest absolute Gasteiger partial charge is 0.202 e. The van der Waals surface area contributed by atoms with Crippen molar-refractivity contribution in [2.75, 3.05) is 30.3 Å². The van der Waals surface area contributed by atoms with Crippen molar-refractivity contribution in [2.24, 2.45) is 5.92 Å². The summed E-state index contributed by atoms with van der Waals surface area (Å²) in [6.07, 6.45) is 6.18. The molecule has 4 rings (SSSR count). The molecule has 0 radical (unpaired) electrons. The average molecular weight is 414 g/mol. The van der Waals surface area contributed by atoms with E-state index in [4.69, 9.17) is 5.26 Å². The summed E-state index contributed by atoms with van der Waals surface area (Å²) in [5.41, 5.74) is 0.659. The lowest BCUT2D eigenvalue weighted by Gasteiger charge is -2.23. The van der Waals surface area contributed by atoms with Gasteiger partial charge in [-0.2, -0.15) is 5.26 Å². The molecular formula is C18H22N8O2S. The van der Waals surface area contributed by atoms with E-state index in [0.29, 0.717) is 42.6 Å². The number of rotatable bonds is 7. The highest BCUT2D eigenvalue weighted by atomic mass is 32.2. The topological polar surface area (TPSA) is 146 Å². The minimum Gasteiger partial charge on any atom is -0.382 e. The van der Waals surface area contributed by atoms with Gasteiger partial charge in [0.2, 0.25) is 14.9 Å². The number of nitrogens with one attached hydrogen (secondary N) is 3. The van der Waals surface area contributed by atoms with Crippen LogP contribution < -0.4 is 16.0 Å². The molecule has 152 valence electrons. The molecule has 0 bridgehead atoms. The Labute approximate surface area is 169 Å². The quantitative estimate of drug-likeness (QED) is 0.604. The monoisotopic (exact) mass is 414 g/mol. The number of nitriles is 1. The van der Waals surface area contributed by atoms with E-state index < -0.39 is 9.84 Å². The van der Waals surface area contributed by atoms with Crippen molar-refractivity contribution in [3.05, 3.63) is 24.2 Å². The Morgan fingerprint density at radius 2 is 1.90 bits per heavy atom. The normalized spacial score (nSPS) is 17.5. The maximum Gasteiger partial charge on any atom is 0.202 e. The molecule has 1 saturated heterocycles. The van der Waals surface area contributed by atoms with Crippen LogP contribution in [0.1, 0.15) is 31.4 Å². The van der Waals surface area contributed by atoms with Gasteiger partial charge in [-0.15, -0.1) is 10.2 Å². The van der Waals surface area contributed by atoms with Crippen molar-refractivity contribution in [2.45, 2.75) is 36.0 Å². The van der Waals surface area contributed by atoms with E-state index in [1.807, 2.05) is 6.07 Å². The second kappa shape index (κ2) is 8.26. The molecule has 2 aromatic heterocycles. The first kappa shape index (κ1) is 19.5. The van der Waals surface area contributed by atoms with Crippen LogP contribution in [0.3, 0.4) is 0 Å². The molecule has 1 saturated carbocycles. The Hall–Kier alpha value is -2.84. The third kappa shape index (κ3) is 4.60. The molecule has 29 heavy (non-hydrogen) atoms. The number of anilines is 3. The SMILES string of the molecule is N#Cc1cnc(Nc2cc(NCC3CCNCC3)c(S(=O)(=O)C3CC3)nn2)cn1. The summed E-state index contributed by atoms with van der Waals surface area (Å²) in [5.74, 6) is 1.22. The van der Waals surface area contributed by atoms with Gasteiger partial charge in [-0.1, -0.05) is 0 Å². The van der Waals surface area contributed by atoms with Crippen LogP contribution in [0.5, 0.6) is 0 Å². The van der Waals surface area contributed by atoms with Crippen LogP contribution in [0.15, 0.2) is 23.5 Å². The van der Waals surface area contributed by atoms with Crippen molar-refractivity contribution < 1.29 is 8.42 Å². The van der Waals surface area contributed by atoms with Crippen molar-refractivity contribution in [3.8, 4) is 6.07 Å². The van der Waals surface area contributed by atoms with Crippen LogP contribution in [0.2, 0.25) is 0 Å². The predicted octanol–water partition coefficient (Wildman–Crippen LogP) is 1.23. The van der Waals surface area contributed by atoms with Gasteiger partial charge in [0.25, 0.3) is 0 Å². The molecule has 11 heteroatoms. The fourth-order valence-electron chi connectivity index (χ4n) is 3.24. The van der Waals surface area contributed by atoms with Crippen molar-refractivity contribution in [3.63, 3.8) is 0 Å². The molecule has 0 aromatic carbocycles. The first-order valence-corrected chi connectivity index (χ1v) is 11.2. The number of piperidine rings is 1. The number of nitrogens with zero attached hydrogens (tertiary/aromatic N) is 5.